The van der Waals surface area contributed by atoms with Crippen molar-refractivity contribution in [3.63, 3.8) is 0 Å². The van der Waals surface area contributed by atoms with Crippen molar-refractivity contribution in [2.24, 2.45) is 0 Å². The van der Waals surface area contributed by atoms with Crippen molar-refractivity contribution in [1.82, 2.24) is 5.32 Å². The Balaban J connectivity index is 1.85. The van der Waals surface area contributed by atoms with Crippen LogP contribution in [-0.2, 0) is 6.42 Å². The number of hydrogen-bond acceptors (Lipinski definition) is 2. The van der Waals surface area contributed by atoms with Crippen LogP contribution in [0.3, 0.4) is 0 Å². The SMILES string of the molecule is N#Cc1cccc(C[C@H](NC(=O)c2ccccc2)c2ccccc2)c1. The third-order valence-electron chi connectivity index (χ3n) is 4.04. The summed E-state index contributed by atoms with van der Waals surface area (Å²) in [6.45, 7) is 0. The lowest BCUT2D eigenvalue weighted by atomic mass is 9.97. The third kappa shape index (κ3) is 4.33. The molecule has 0 aromatic heterocycles. The number of carbonyl (C=O) groups excluding carboxylic acids is 1. The molecule has 122 valence electrons. The maximum atomic E-state index is 12.6. The van der Waals surface area contributed by atoms with Crippen molar-refractivity contribution in [2.75, 3.05) is 0 Å². The Bertz CT molecular complexity index is 883. The number of carbonyl (C=O) groups is 1. The van der Waals surface area contributed by atoms with E-state index in [0.29, 0.717) is 17.5 Å². The summed E-state index contributed by atoms with van der Waals surface area (Å²) < 4.78 is 0. The molecule has 3 aromatic carbocycles. The first-order valence-electron chi connectivity index (χ1n) is 8.16. The predicted octanol–water partition coefficient (Wildman–Crippen LogP) is 4.27. The Kier molecular flexibility index (Phi) is 5.23. The predicted molar refractivity (Wildman–Crippen MR) is 98.0 cm³/mol. The van der Waals surface area contributed by atoms with Gasteiger partial charge in [0.2, 0.25) is 0 Å². The summed E-state index contributed by atoms with van der Waals surface area (Å²) in [5.74, 6) is -0.106. The van der Waals surface area contributed by atoms with E-state index in [1.807, 2.05) is 66.7 Å². The fraction of sp³-hybridized carbons (Fsp3) is 0.0909. The molecule has 1 N–H and O–H groups in total. The first kappa shape index (κ1) is 16.5. The zero-order valence-corrected chi connectivity index (χ0v) is 13.7. The van der Waals surface area contributed by atoms with Crippen molar-refractivity contribution in [2.45, 2.75) is 12.5 Å². The van der Waals surface area contributed by atoms with Crippen LogP contribution in [0.25, 0.3) is 0 Å². The average Bonchev–Trinajstić information content (AvgIpc) is 2.69. The molecular formula is C22H18N2O. The highest BCUT2D eigenvalue weighted by atomic mass is 16.1. The largest absolute Gasteiger partial charge is 0.345 e. The Morgan fingerprint density at radius 2 is 1.60 bits per heavy atom. The van der Waals surface area contributed by atoms with Gasteiger partial charge in [-0.05, 0) is 41.8 Å². The van der Waals surface area contributed by atoms with Gasteiger partial charge in [-0.3, -0.25) is 4.79 Å². The maximum Gasteiger partial charge on any atom is 0.251 e. The molecule has 0 unspecified atom stereocenters. The Morgan fingerprint density at radius 1 is 0.920 bits per heavy atom. The van der Waals surface area contributed by atoms with Crippen LogP contribution in [-0.4, -0.2) is 5.91 Å². The van der Waals surface area contributed by atoms with Gasteiger partial charge in [0, 0.05) is 5.56 Å². The fourth-order valence-electron chi connectivity index (χ4n) is 2.77. The summed E-state index contributed by atoms with van der Waals surface area (Å²) in [4.78, 5) is 12.6. The van der Waals surface area contributed by atoms with Crippen molar-refractivity contribution in [3.8, 4) is 6.07 Å². The number of amides is 1. The molecule has 0 spiro atoms. The van der Waals surface area contributed by atoms with Gasteiger partial charge in [-0.2, -0.15) is 5.26 Å². The molecule has 0 aliphatic carbocycles. The number of rotatable bonds is 5. The topological polar surface area (TPSA) is 52.9 Å². The van der Waals surface area contributed by atoms with Crippen LogP contribution in [0.1, 0.15) is 33.1 Å². The second-order valence-electron chi connectivity index (χ2n) is 5.82. The highest BCUT2D eigenvalue weighted by molar-refractivity contribution is 5.94. The molecule has 0 saturated heterocycles. The summed E-state index contributed by atoms with van der Waals surface area (Å²) in [6, 6.07) is 28.6. The summed E-state index contributed by atoms with van der Waals surface area (Å²) in [5, 5.41) is 12.2. The zero-order valence-electron chi connectivity index (χ0n) is 13.7. The summed E-state index contributed by atoms with van der Waals surface area (Å²) in [7, 11) is 0. The molecule has 1 atom stereocenters. The summed E-state index contributed by atoms with van der Waals surface area (Å²) >= 11 is 0. The number of nitrogens with one attached hydrogen (secondary N) is 1. The van der Waals surface area contributed by atoms with Crippen LogP contribution >= 0.6 is 0 Å². The molecule has 0 radical (unpaired) electrons. The normalized spacial score (nSPS) is 11.3. The van der Waals surface area contributed by atoms with E-state index in [-0.39, 0.29) is 11.9 Å². The minimum atomic E-state index is -0.164. The molecule has 3 nitrogen and oxygen atoms in total. The van der Waals surface area contributed by atoms with Crippen LogP contribution in [0.2, 0.25) is 0 Å². The monoisotopic (exact) mass is 326 g/mol. The number of benzene rings is 3. The second kappa shape index (κ2) is 7.94. The molecule has 0 aliphatic rings. The van der Waals surface area contributed by atoms with E-state index in [2.05, 4.69) is 11.4 Å². The molecule has 0 aliphatic heterocycles. The minimum absolute atomic E-state index is 0.106. The van der Waals surface area contributed by atoms with E-state index >= 15 is 0 Å². The van der Waals surface area contributed by atoms with Crippen LogP contribution < -0.4 is 5.32 Å². The second-order valence-corrected chi connectivity index (χ2v) is 5.82. The molecular weight excluding hydrogens is 308 g/mol. The van der Waals surface area contributed by atoms with Crippen LogP contribution in [0.5, 0.6) is 0 Å². The van der Waals surface area contributed by atoms with E-state index in [4.69, 9.17) is 5.26 Å². The molecule has 3 aromatic rings. The van der Waals surface area contributed by atoms with Crippen molar-refractivity contribution in [1.29, 1.82) is 5.26 Å². The van der Waals surface area contributed by atoms with E-state index in [9.17, 15) is 4.79 Å². The van der Waals surface area contributed by atoms with E-state index in [1.54, 1.807) is 18.2 Å². The number of nitriles is 1. The first-order chi connectivity index (χ1) is 12.3. The quantitative estimate of drug-likeness (QED) is 0.761. The van der Waals surface area contributed by atoms with E-state index < -0.39 is 0 Å². The zero-order chi connectivity index (χ0) is 17.5. The minimum Gasteiger partial charge on any atom is -0.345 e. The Hall–Kier alpha value is -3.38. The van der Waals surface area contributed by atoms with Gasteiger partial charge in [0.05, 0.1) is 17.7 Å². The van der Waals surface area contributed by atoms with E-state index in [0.717, 1.165) is 11.1 Å². The van der Waals surface area contributed by atoms with Gasteiger partial charge >= 0.3 is 0 Å². The molecule has 0 fully saturated rings. The number of hydrogen-bond donors (Lipinski definition) is 1. The van der Waals surface area contributed by atoms with Gasteiger partial charge in [0.15, 0.2) is 0 Å². The lowest BCUT2D eigenvalue weighted by Crippen LogP contribution is -2.30. The van der Waals surface area contributed by atoms with Crippen LogP contribution in [0.4, 0.5) is 0 Å². The fourth-order valence-corrected chi connectivity index (χ4v) is 2.77. The smallest absolute Gasteiger partial charge is 0.251 e. The lowest BCUT2D eigenvalue weighted by molar-refractivity contribution is 0.0936. The van der Waals surface area contributed by atoms with Gasteiger partial charge in [0.25, 0.3) is 5.91 Å². The van der Waals surface area contributed by atoms with Gasteiger partial charge in [-0.1, -0.05) is 60.7 Å². The van der Waals surface area contributed by atoms with E-state index in [1.165, 1.54) is 0 Å². The third-order valence-corrected chi connectivity index (χ3v) is 4.04. The highest BCUT2D eigenvalue weighted by Gasteiger charge is 2.16. The van der Waals surface area contributed by atoms with Crippen LogP contribution in [0.15, 0.2) is 84.9 Å². The first-order valence-corrected chi connectivity index (χ1v) is 8.16. The van der Waals surface area contributed by atoms with Crippen molar-refractivity contribution in [3.05, 3.63) is 107 Å². The summed E-state index contributed by atoms with van der Waals surface area (Å²) in [5.41, 5.74) is 3.31. The van der Waals surface area contributed by atoms with Gasteiger partial charge in [-0.15, -0.1) is 0 Å². The van der Waals surface area contributed by atoms with Crippen molar-refractivity contribution < 1.29 is 4.79 Å². The Labute approximate surface area is 147 Å². The van der Waals surface area contributed by atoms with Crippen molar-refractivity contribution >= 4 is 5.91 Å². The molecule has 1 amide bonds. The van der Waals surface area contributed by atoms with Gasteiger partial charge < -0.3 is 5.32 Å². The maximum absolute atomic E-state index is 12.6. The molecule has 0 saturated carbocycles. The number of nitrogens with zero attached hydrogens (tertiary/aromatic N) is 1. The molecule has 3 heteroatoms. The molecule has 0 heterocycles. The standard InChI is InChI=1S/C22H18N2O/c23-16-18-9-7-8-17(14-18)15-21(19-10-3-1-4-11-19)24-22(25)20-12-5-2-6-13-20/h1-14,21H,15H2,(H,24,25)/t21-/m0/s1. The molecule has 25 heavy (non-hydrogen) atoms. The Morgan fingerprint density at radius 3 is 2.28 bits per heavy atom. The van der Waals surface area contributed by atoms with Gasteiger partial charge in [-0.25, -0.2) is 0 Å². The molecule has 3 rings (SSSR count). The summed E-state index contributed by atoms with van der Waals surface area (Å²) in [6.07, 6.45) is 0.623. The van der Waals surface area contributed by atoms with Crippen LogP contribution in [0, 0.1) is 11.3 Å². The average molecular weight is 326 g/mol. The lowest BCUT2D eigenvalue weighted by Gasteiger charge is -2.20. The molecule has 0 bridgehead atoms. The highest BCUT2D eigenvalue weighted by Crippen LogP contribution is 2.20. The van der Waals surface area contributed by atoms with Gasteiger partial charge in [0.1, 0.15) is 0 Å².